The van der Waals surface area contributed by atoms with Crippen molar-refractivity contribution in [2.45, 2.75) is 26.6 Å². The van der Waals surface area contributed by atoms with E-state index in [4.69, 9.17) is 0 Å². The fourth-order valence-corrected chi connectivity index (χ4v) is 3.61. The summed E-state index contributed by atoms with van der Waals surface area (Å²) >= 11 is 1.39. The van der Waals surface area contributed by atoms with Gasteiger partial charge < -0.3 is 4.57 Å². The Morgan fingerprint density at radius 1 is 1.32 bits per heavy atom. The summed E-state index contributed by atoms with van der Waals surface area (Å²) < 4.78 is 40.3. The van der Waals surface area contributed by atoms with E-state index in [1.54, 1.807) is 26.0 Å². The van der Waals surface area contributed by atoms with Crippen LogP contribution < -0.4 is 0 Å². The third kappa shape index (κ3) is 3.59. The molecule has 1 aromatic carbocycles. The van der Waals surface area contributed by atoms with Gasteiger partial charge >= 0.3 is 6.18 Å². The highest BCUT2D eigenvalue weighted by Gasteiger charge is 2.29. The van der Waals surface area contributed by atoms with Crippen molar-refractivity contribution in [3.8, 4) is 6.07 Å². The number of aromatic nitrogens is 2. The minimum absolute atomic E-state index is 0.341. The molecule has 3 aromatic rings. The highest BCUT2D eigenvalue weighted by atomic mass is 32.1. The molecule has 0 atom stereocenters. The van der Waals surface area contributed by atoms with Gasteiger partial charge in [-0.15, -0.1) is 11.3 Å². The summed E-state index contributed by atoms with van der Waals surface area (Å²) in [5.74, 6) is 0. The minimum Gasteiger partial charge on any atom is -0.340 e. The average molecular weight is 361 g/mol. The molecular formula is C18H14F3N3S. The number of nitrogens with zero attached hydrogens (tertiary/aromatic N) is 3. The zero-order chi connectivity index (χ0) is 18.2. The Labute approximate surface area is 146 Å². The van der Waals surface area contributed by atoms with Crippen molar-refractivity contribution in [1.29, 1.82) is 5.26 Å². The van der Waals surface area contributed by atoms with E-state index in [-0.39, 0.29) is 0 Å². The molecule has 3 nitrogen and oxygen atoms in total. The van der Waals surface area contributed by atoms with Crippen LogP contribution in [0.5, 0.6) is 0 Å². The van der Waals surface area contributed by atoms with Crippen LogP contribution in [0.2, 0.25) is 0 Å². The SMILES string of the molecule is Cc1cc(/C=C(\C#N)c2nc3ccccc3s2)c(C)n1CC(F)(F)F. The van der Waals surface area contributed by atoms with Crippen molar-refractivity contribution in [2.75, 3.05) is 0 Å². The smallest absolute Gasteiger partial charge is 0.340 e. The van der Waals surface area contributed by atoms with Gasteiger partial charge in [0.15, 0.2) is 0 Å². The minimum atomic E-state index is -4.29. The van der Waals surface area contributed by atoms with Crippen molar-refractivity contribution in [2.24, 2.45) is 0 Å². The standard InChI is InChI=1S/C18H14F3N3S/c1-11-7-13(12(2)24(11)10-18(19,20)21)8-14(9-22)17-23-15-5-3-4-6-16(15)25-17/h3-8H,10H2,1-2H3/b14-8+. The molecule has 0 spiro atoms. The highest BCUT2D eigenvalue weighted by Crippen LogP contribution is 2.30. The number of fused-ring (bicyclic) bond motifs is 1. The Hall–Kier alpha value is -2.59. The zero-order valence-electron chi connectivity index (χ0n) is 13.6. The topological polar surface area (TPSA) is 41.6 Å². The lowest BCUT2D eigenvalue weighted by molar-refractivity contribution is -0.141. The summed E-state index contributed by atoms with van der Waals surface area (Å²) in [5, 5.41) is 10.0. The van der Waals surface area contributed by atoms with Gasteiger partial charge in [0.2, 0.25) is 0 Å². The van der Waals surface area contributed by atoms with Crippen molar-refractivity contribution in [1.82, 2.24) is 9.55 Å². The summed E-state index contributed by atoms with van der Waals surface area (Å²) in [7, 11) is 0. The second-order valence-corrected chi connectivity index (χ2v) is 6.72. The molecule has 25 heavy (non-hydrogen) atoms. The van der Waals surface area contributed by atoms with Crippen LogP contribution in [0.25, 0.3) is 21.9 Å². The number of aryl methyl sites for hydroxylation is 1. The molecule has 0 fully saturated rings. The molecular weight excluding hydrogens is 347 g/mol. The first-order valence-electron chi connectivity index (χ1n) is 7.50. The molecule has 2 heterocycles. The molecule has 7 heteroatoms. The van der Waals surface area contributed by atoms with E-state index in [1.165, 1.54) is 15.9 Å². The van der Waals surface area contributed by atoms with Crippen LogP contribution >= 0.6 is 11.3 Å². The van der Waals surface area contributed by atoms with E-state index in [1.807, 2.05) is 24.3 Å². The molecule has 0 saturated heterocycles. The van der Waals surface area contributed by atoms with Gasteiger partial charge in [-0.1, -0.05) is 12.1 Å². The van der Waals surface area contributed by atoms with Gasteiger partial charge in [0.25, 0.3) is 0 Å². The molecule has 0 aliphatic carbocycles. The van der Waals surface area contributed by atoms with Crippen LogP contribution in [-0.2, 0) is 6.54 Å². The summed E-state index contributed by atoms with van der Waals surface area (Å²) in [6.07, 6.45) is -2.69. The van der Waals surface area contributed by atoms with Crippen LogP contribution in [0.15, 0.2) is 30.3 Å². The Morgan fingerprint density at radius 2 is 2.04 bits per heavy atom. The van der Waals surface area contributed by atoms with E-state index in [0.717, 1.165) is 10.2 Å². The maximum absolute atomic E-state index is 12.7. The number of thiazole rings is 1. The molecule has 0 N–H and O–H groups in total. The second kappa shape index (κ2) is 6.37. The zero-order valence-corrected chi connectivity index (χ0v) is 14.4. The first kappa shape index (κ1) is 17.2. The van der Waals surface area contributed by atoms with E-state index in [9.17, 15) is 18.4 Å². The Morgan fingerprint density at radius 3 is 2.68 bits per heavy atom. The number of benzene rings is 1. The number of hydrogen-bond acceptors (Lipinski definition) is 3. The van der Waals surface area contributed by atoms with Crippen molar-refractivity contribution in [3.05, 3.63) is 52.3 Å². The van der Waals surface area contributed by atoms with Gasteiger partial charge in [-0.2, -0.15) is 18.4 Å². The molecule has 3 rings (SSSR count). The lowest BCUT2D eigenvalue weighted by atomic mass is 10.1. The van der Waals surface area contributed by atoms with Gasteiger partial charge in [0.05, 0.1) is 15.8 Å². The van der Waals surface area contributed by atoms with Gasteiger partial charge in [0, 0.05) is 11.4 Å². The first-order valence-corrected chi connectivity index (χ1v) is 8.31. The molecule has 0 radical (unpaired) electrons. The van der Waals surface area contributed by atoms with Crippen LogP contribution in [0, 0.1) is 25.2 Å². The van der Waals surface area contributed by atoms with Crippen molar-refractivity contribution < 1.29 is 13.2 Å². The largest absolute Gasteiger partial charge is 0.406 e. The van der Waals surface area contributed by atoms with Crippen LogP contribution in [0.4, 0.5) is 13.2 Å². The molecule has 2 aromatic heterocycles. The summed E-state index contributed by atoms with van der Waals surface area (Å²) in [6, 6.07) is 11.3. The number of hydrogen-bond donors (Lipinski definition) is 0. The molecule has 0 aliphatic heterocycles. The maximum Gasteiger partial charge on any atom is 0.406 e. The van der Waals surface area contributed by atoms with Gasteiger partial charge in [-0.05, 0) is 43.7 Å². The summed E-state index contributed by atoms with van der Waals surface area (Å²) in [4.78, 5) is 4.44. The normalized spacial score (nSPS) is 12.6. The lowest BCUT2D eigenvalue weighted by Crippen LogP contribution is -2.19. The van der Waals surface area contributed by atoms with Crippen molar-refractivity contribution >= 4 is 33.2 Å². The molecule has 128 valence electrons. The second-order valence-electron chi connectivity index (χ2n) is 5.68. The monoisotopic (exact) mass is 361 g/mol. The maximum atomic E-state index is 12.7. The molecule has 0 bridgehead atoms. The fraction of sp³-hybridized carbons (Fsp3) is 0.222. The molecule has 0 saturated carbocycles. The Kier molecular flexibility index (Phi) is 4.39. The number of rotatable bonds is 3. The average Bonchev–Trinajstić information content (AvgIpc) is 3.08. The number of alkyl halides is 3. The number of allylic oxidation sites excluding steroid dienone is 1. The van der Waals surface area contributed by atoms with Crippen LogP contribution in [0.3, 0.4) is 0 Å². The van der Waals surface area contributed by atoms with Gasteiger partial charge in [0.1, 0.15) is 17.6 Å². The molecule has 0 unspecified atom stereocenters. The van der Waals surface area contributed by atoms with E-state index >= 15 is 0 Å². The van der Waals surface area contributed by atoms with Crippen LogP contribution in [0.1, 0.15) is 22.0 Å². The Balaban J connectivity index is 2.03. The lowest BCUT2D eigenvalue weighted by Gasteiger charge is -2.12. The highest BCUT2D eigenvalue weighted by molar-refractivity contribution is 7.19. The first-order chi connectivity index (χ1) is 11.8. The van der Waals surface area contributed by atoms with Gasteiger partial charge in [-0.3, -0.25) is 0 Å². The predicted molar refractivity (Wildman–Crippen MR) is 93.1 cm³/mol. The van der Waals surface area contributed by atoms with Gasteiger partial charge in [-0.25, -0.2) is 4.98 Å². The number of halogens is 3. The quantitative estimate of drug-likeness (QED) is 0.591. The summed E-state index contributed by atoms with van der Waals surface area (Å²) in [5.41, 5.74) is 2.71. The fourth-order valence-electron chi connectivity index (χ4n) is 2.68. The molecule has 0 amide bonds. The van der Waals surface area contributed by atoms with Crippen molar-refractivity contribution in [3.63, 3.8) is 0 Å². The predicted octanol–water partition coefficient (Wildman–Crippen LogP) is 5.34. The third-order valence-electron chi connectivity index (χ3n) is 3.89. The number of nitriles is 1. The number of para-hydroxylation sites is 1. The summed E-state index contributed by atoms with van der Waals surface area (Å²) in [6.45, 7) is 2.21. The van der Waals surface area contributed by atoms with Crippen LogP contribution in [-0.4, -0.2) is 15.7 Å². The van der Waals surface area contributed by atoms with E-state index in [2.05, 4.69) is 11.1 Å². The molecule has 0 aliphatic rings. The van der Waals surface area contributed by atoms with E-state index in [0.29, 0.717) is 27.5 Å². The van der Waals surface area contributed by atoms with E-state index < -0.39 is 12.7 Å². The third-order valence-corrected chi connectivity index (χ3v) is 4.96. The Bertz CT molecular complexity index is 970.